The third-order valence-electron chi connectivity index (χ3n) is 24.6. The molecule has 9 aromatic heterocycles. The molecule has 24 heteroatoms. The third kappa shape index (κ3) is 15.4. The van der Waals surface area contributed by atoms with Crippen LogP contribution < -0.4 is 23.7 Å². The van der Waals surface area contributed by atoms with Crippen molar-refractivity contribution in [3.8, 4) is 51.8 Å². The Bertz CT molecular complexity index is 5370. The van der Waals surface area contributed by atoms with Crippen molar-refractivity contribution in [2.24, 2.45) is 37.8 Å². The number of benzene rings is 3. The van der Waals surface area contributed by atoms with Gasteiger partial charge in [-0.2, -0.15) is 10.2 Å². The van der Waals surface area contributed by atoms with Crippen molar-refractivity contribution in [1.29, 1.82) is 0 Å². The van der Waals surface area contributed by atoms with Gasteiger partial charge in [-0.05, 0) is 132 Å². The summed E-state index contributed by atoms with van der Waals surface area (Å²) in [4.78, 5) is 88.5. The van der Waals surface area contributed by atoms with Crippen LogP contribution >= 0.6 is 0 Å². The highest BCUT2D eigenvalue weighted by Gasteiger charge is 2.53. The molecule has 17 heterocycles. The Labute approximate surface area is 668 Å². The molecule has 0 saturated carbocycles. The van der Waals surface area contributed by atoms with Crippen LogP contribution in [0.15, 0.2) is 226 Å². The van der Waals surface area contributed by atoms with Crippen LogP contribution in [0, 0.1) is 30.6 Å². The van der Waals surface area contributed by atoms with Gasteiger partial charge in [0.2, 0.25) is 29.4 Å². The Morgan fingerprint density at radius 3 is 1.31 bits per heavy atom. The van der Waals surface area contributed by atoms with Crippen molar-refractivity contribution in [3.05, 3.63) is 254 Å². The highest BCUT2D eigenvalue weighted by atomic mass is 16.5. The third-order valence-corrected chi connectivity index (χ3v) is 24.6. The molecule has 0 aliphatic carbocycles. The molecule has 4 amide bonds. The zero-order valence-electron chi connectivity index (χ0n) is 65.2. The zero-order valence-corrected chi connectivity index (χ0v) is 65.2. The van der Waals surface area contributed by atoms with Gasteiger partial charge in [0, 0.05) is 176 Å². The van der Waals surface area contributed by atoms with Crippen LogP contribution in [0.5, 0.6) is 29.4 Å². The fourth-order valence-corrected chi connectivity index (χ4v) is 19.5. The number of rotatable bonds is 20. The number of hydrogen-bond acceptors (Lipinski definition) is 17. The minimum absolute atomic E-state index is 0.0237. The van der Waals surface area contributed by atoms with Gasteiger partial charge in [0.25, 0.3) is 23.6 Å². The van der Waals surface area contributed by atoms with Gasteiger partial charge < -0.3 is 43.3 Å². The maximum Gasteiger partial charge on any atom is 0.273 e. The van der Waals surface area contributed by atoms with E-state index in [1.54, 1.807) is 58.9 Å². The second-order valence-electron chi connectivity index (χ2n) is 31.2. The summed E-state index contributed by atoms with van der Waals surface area (Å²) >= 11 is 0. The Hall–Kier alpha value is -12.3. The number of aromatic nitrogens is 11. The Balaban J connectivity index is 0.000000111. The first-order chi connectivity index (χ1) is 56.4. The molecule has 8 aliphatic rings. The molecule has 12 aromatic rings. The van der Waals surface area contributed by atoms with Gasteiger partial charge in [0.05, 0.1) is 56.7 Å². The standard InChI is InChI=1S/C24H25N3O3.2C23H24N4O2.C21H22N4O2/c1-2-29-23-22(19-8-4-3-7-16(19)14-26-23)24(28)27-18-10-11-20(27)17(13-18)15-30-21-9-5-6-12-25-21;1-26-22(16-7-3-2-4-8-16)19(14-25-26)23(28)27-18-10-11-20(27)17(13-18)15-29-21-9-5-6-12-24-21;1-26-22(19(14-25-26)16-7-3-2-4-8-16)23(28)27-18-10-11-20(27)17(13-18)15-29-21-9-5-6-12-24-21;1-14-5-8-18-22-10-11-24(18)20(14)21(26)25-16-6-7-17(25)15(12-16)13-27-19-4-2-3-9-23-19/h3-9,12,14,17-18,20H,2,10-11,13,15H2,1H3;2*2-9,12,14,17-18,20H,10-11,13,15H2,1H3;2-5,8-11,15-17H,6-7,12-13H2,1H3. The molecular weight excluding hydrogens is 1450 g/mol. The molecule has 0 spiro atoms. The molecule has 8 saturated heterocycles. The molecule has 8 aliphatic heterocycles. The number of hydrogen-bond donors (Lipinski definition) is 0. The lowest BCUT2D eigenvalue weighted by Crippen LogP contribution is -2.38. The number of nitrogens with zero attached hydrogens (tertiary/aromatic N) is 15. The van der Waals surface area contributed by atoms with Crippen molar-refractivity contribution in [2.45, 2.75) is 139 Å². The molecule has 588 valence electrons. The summed E-state index contributed by atoms with van der Waals surface area (Å²) in [6, 6.07) is 56.5. The van der Waals surface area contributed by atoms with E-state index in [-0.39, 0.29) is 65.9 Å². The van der Waals surface area contributed by atoms with Gasteiger partial charge in [-0.25, -0.2) is 29.9 Å². The van der Waals surface area contributed by atoms with E-state index in [9.17, 15) is 19.2 Å². The van der Waals surface area contributed by atoms with Crippen molar-refractivity contribution < 1.29 is 42.9 Å². The van der Waals surface area contributed by atoms with E-state index in [1.807, 2.05) is 208 Å². The molecule has 0 radical (unpaired) electrons. The number of fused-ring (bicyclic) bond motifs is 10. The van der Waals surface area contributed by atoms with Crippen LogP contribution in [-0.4, -0.2) is 178 Å². The summed E-state index contributed by atoms with van der Waals surface area (Å²) in [5, 5.41) is 10.6. The highest BCUT2D eigenvalue weighted by molar-refractivity contribution is 6.09. The topological polar surface area (TPSA) is 245 Å². The number of aryl methyl sites for hydroxylation is 3. The quantitative estimate of drug-likeness (QED) is 0.0688. The predicted molar refractivity (Wildman–Crippen MR) is 433 cm³/mol. The van der Waals surface area contributed by atoms with Gasteiger partial charge in [0.15, 0.2) is 0 Å². The second-order valence-corrected chi connectivity index (χ2v) is 31.2. The number of carbonyl (C=O) groups excluding carboxylic acids is 4. The monoisotopic (exact) mass is 1540 g/mol. The lowest BCUT2D eigenvalue weighted by Gasteiger charge is -2.25. The van der Waals surface area contributed by atoms with Crippen LogP contribution in [0.2, 0.25) is 0 Å². The Morgan fingerprint density at radius 1 is 0.400 bits per heavy atom. The van der Waals surface area contributed by atoms with Crippen LogP contribution in [-0.2, 0) is 14.1 Å². The first-order valence-corrected chi connectivity index (χ1v) is 40.5. The van der Waals surface area contributed by atoms with E-state index < -0.39 is 0 Å². The van der Waals surface area contributed by atoms with Gasteiger partial charge in [-0.15, -0.1) is 0 Å². The van der Waals surface area contributed by atoms with Crippen molar-refractivity contribution in [2.75, 3.05) is 33.0 Å². The largest absolute Gasteiger partial charge is 0.477 e. The summed E-state index contributed by atoms with van der Waals surface area (Å²) < 4.78 is 34.8. The Morgan fingerprint density at radius 2 is 0.835 bits per heavy atom. The average molecular weight is 1540 g/mol. The smallest absolute Gasteiger partial charge is 0.273 e. The van der Waals surface area contributed by atoms with Crippen LogP contribution in [0.25, 0.3) is 38.8 Å². The van der Waals surface area contributed by atoms with Gasteiger partial charge in [-0.1, -0.05) is 115 Å². The summed E-state index contributed by atoms with van der Waals surface area (Å²) in [5.74, 6) is 4.66. The summed E-state index contributed by atoms with van der Waals surface area (Å²) in [7, 11) is 3.74. The SMILES string of the molecule is CCOc1ncc2ccccc2c1C(=O)N1C2CCC1C(COc1ccccn1)C2.Cc1ccc2nccn2c1C(=O)N1C2CCC1C(COc1ccccn1)C2.Cn1ncc(-c2ccccc2)c1C(=O)N1C2CCC1C(COc1ccccn1)C2.Cn1ncc(C(=O)N2C3CCC2C(COc2ccccn2)C3)c1-c1ccccc1. The highest BCUT2D eigenvalue weighted by Crippen LogP contribution is 2.48. The maximum absolute atomic E-state index is 13.8. The first kappa shape index (κ1) is 75.4. The number of amides is 4. The molecular formula is C91H95N15O9. The average Bonchev–Trinajstić information content (AvgIpc) is 1.62. The zero-order chi connectivity index (χ0) is 78.5. The van der Waals surface area contributed by atoms with Crippen LogP contribution in [0.4, 0.5) is 0 Å². The van der Waals surface area contributed by atoms with E-state index in [1.165, 1.54) is 0 Å². The molecule has 8 fully saturated rings. The summed E-state index contributed by atoms with van der Waals surface area (Å²) in [5.41, 5.74) is 8.26. The van der Waals surface area contributed by atoms with Gasteiger partial charge >= 0.3 is 0 Å². The van der Waals surface area contributed by atoms with Crippen LogP contribution in [0.3, 0.4) is 0 Å². The number of imidazole rings is 1. The molecule has 12 unspecified atom stereocenters. The predicted octanol–water partition coefficient (Wildman–Crippen LogP) is 14.3. The van der Waals surface area contributed by atoms with Gasteiger partial charge in [-0.3, -0.25) is 32.9 Å². The summed E-state index contributed by atoms with van der Waals surface area (Å²) in [6.07, 6.45) is 28.2. The molecule has 3 aromatic carbocycles. The van der Waals surface area contributed by atoms with E-state index in [0.29, 0.717) is 109 Å². The second kappa shape index (κ2) is 33.8. The van der Waals surface area contributed by atoms with Crippen molar-refractivity contribution >= 4 is 40.0 Å². The lowest BCUT2D eigenvalue weighted by atomic mass is 9.90. The van der Waals surface area contributed by atoms with E-state index in [4.69, 9.17) is 23.7 Å². The van der Waals surface area contributed by atoms with Crippen LogP contribution in [0.1, 0.15) is 131 Å². The van der Waals surface area contributed by atoms with Crippen molar-refractivity contribution in [1.82, 2.24) is 73.5 Å². The number of ether oxygens (including phenoxy) is 5. The first-order valence-electron chi connectivity index (χ1n) is 40.5. The van der Waals surface area contributed by atoms with E-state index in [2.05, 4.69) is 59.7 Å². The molecule has 24 nitrogen and oxygen atoms in total. The molecule has 12 atom stereocenters. The molecule has 8 bridgehead atoms. The van der Waals surface area contributed by atoms with Gasteiger partial charge in [0.1, 0.15) is 22.6 Å². The maximum atomic E-state index is 13.8. The number of pyridine rings is 6. The molecule has 0 N–H and O–H groups in total. The lowest BCUT2D eigenvalue weighted by molar-refractivity contribution is 0.0691. The fraction of sp³-hybridized carbons (Fsp3) is 0.363. The van der Waals surface area contributed by atoms with Crippen molar-refractivity contribution in [3.63, 3.8) is 0 Å². The molecule has 115 heavy (non-hydrogen) atoms. The van der Waals surface area contributed by atoms with E-state index >= 15 is 0 Å². The fourth-order valence-electron chi connectivity index (χ4n) is 19.5. The minimum Gasteiger partial charge on any atom is -0.477 e. The minimum atomic E-state index is 0.0237. The normalized spacial score (nSPS) is 23.0. The Kier molecular flexibility index (Phi) is 22.1. The van der Waals surface area contributed by atoms with E-state index in [0.717, 1.165) is 127 Å². The molecule has 20 rings (SSSR count). The number of carbonyl (C=O) groups is 4. The summed E-state index contributed by atoms with van der Waals surface area (Å²) in [6.45, 7) is 6.75.